The molecule has 0 heterocycles. The van der Waals surface area contributed by atoms with Gasteiger partial charge >= 0.3 is 5.97 Å². The molecule has 1 N–H and O–H groups in total. The summed E-state index contributed by atoms with van der Waals surface area (Å²) in [6, 6.07) is 9.63. The highest BCUT2D eigenvalue weighted by molar-refractivity contribution is 6.31. The summed E-state index contributed by atoms with van der Waals surface area (Å²) in [4.78, 5) is 11.6. The highest BCUT2D eigenvalue weighted by atomic mass is 35.5. The van der Waals surface area contributed by atoms with Crippen LogP contribution >= 0.6 is 11.6 Å². The molecule has 2 rings (SSSR count). The predicted octanol–water partition coefficient (Wildman–Crippen LogP) is 4.21. The van der Waals surface area contributed by atoms with E-state index in [4.69, 9.17) is 16.3 Å². The minimum absolute atomic E-state index is 0.000209. The normalized spacial score (nSPS) is 12.0. The first kappa shape index (κ1) is 16.3. The molecule has 0 saturated heterocycles. The van der Waals surface area contributed by atoms with E-state index in [9.17, 15) is 14.3 Å². The summed E-state index contributed by atoms with van der Waals surface area (Å²) in [5.41, 5.74) is 1.68. The van der Waals surface area contributed by atoms with E-state index in [-0.39, 0.29) is 17.0 Å². The molecule has 0 aliphatic heterocycles. The molecule has 0 spiro atoms. The molecule has 0 radical (unpaired) electrons. The van der Waals surface area contributed by atoms with Gasteiger partial charge in [-0.2, -0.15) is 0 Å². The Morgan fingerprint density at radius 1 is 1.36 bits per heavy atom. The lowest BCUT2D eigenvalue weighted by atomic mass is 9.90. The van der Waals surface area contributed by atoms with E-state index in [0.717, 1.165) is 5.56 Å². The molecule has 0 aromatic heterocycles. The smallest absolute Gasteiger partial charge is 0.311 e. The van der Waals surface area contributed by atoms with Gasteiger partial charge in [-0.1, -0.05) is 35.4 Å². The molecule has 5 heteroatoms. The Bertz CT molecular complexity index is 680. The summed E-state index contributed by atoms with van der Waals surface area (Å²) in [7, 11) is 1.51. The Labute approximate surface area is 133 Å². The van der Waals surface area contributed by atoms with E-state index in [1.165, 1.54) is 25.3 Å². The molecule has 2 aromatic rings. The fraction of sp³-hybridized carbons (Fsp3) is 0.235. The van der Waals surface area contributed by atoms with E-state index in [0.29, 0.717) is 11.3 Å². The molecule has 2 aromatic carbocycles. The van der Waals surface area contributed by atoms with Crippen molar-refractivity contribution in [3.05, 3.63) is 63.9 Å². The van der Waals surface area contributed by atoms with Gasteiger partial charge in [0, 0.05) is 10.6 Å². The number of aryl methyl sites for hydroxylation is 1. The van der Waals surface area contributed by atoms with Crippen LogP contribution < -0.4 is 4.74 Å². The van der Waals surface area contributed by atoms with Crippen molar-refractivity contribution in [3.63, 3.8) is 0 Å². The monoisotopic (exact) mass is 322 g/mol. The molecule has 0 aliphatic rings. The molecule has 116 valence electrons. The van der Waals surface area contributed by atoms with E-state index < -0.39 is 17.7 Å². The number of hydrogen-bond donors (Lipinski definition) is 1. The molecule has 1 unspecified atom stereocenters. The Hall–Kier alpha value is -2.07. The Kier molecular flexibility index (Phi) is 5.03. The zero-order valence-electron chi connectivity index (χ0n) is 12.3. The first-order valence-electron chi connectivity index (χ1n) is 6.74. The quantitative estimate of drug-likeness (QED) is 0.897. The third-order valence-electron chi connectivity index (χ3n) is 3.51. The molecule has 22 heavy (non-hydrogen) atoms. The number of benzene rings is 2. The second kappa shape index (κ2) is 6.79. The van der Waals surface area contributed by atoms with Crippen molar-refractivity contribution in [2.45, 2.75) is 19.3 Å². The largest absolute Gasteiger partial charge is 0.496 e. The SMILES string of the molecule is COc1ccc(C)cc1CC(C(=O)O)c1c(F)cccc1Cl. The van der Waals surface area contributed by atoms with Gasteiger partial charge in [-0.3, -0.25) is 4.79 Å². The van der Waals surface area contributed by atoms with Gasteiger partial charge in [-0.15, -0.1) is 0 Å². The summed E-state index contributed by atoms with van der Waals surface area (Å²) in [6.07, 6.45) is 0.0981. The number of aliphatic carboxylic acids is 1. The molecule has 3 nitrogen and oxygen atoms in total. The third kappa shape index (κ3) is 3.39. The van der Waals surface area contributed by atoms with E-state index >= 15 is 0 Å². The first-order chi connectivity index (χ1) is 10.4. The summed E-state index contributed by atoms with van der Waals surface area (Å²) in [6.45, 7) is 1.90. The zero-order valence-corrected chi connectivity index (χ0v) is 13.0. The number of rotatable bonds is 5. The lowest BCUT2D eigenvalue weighted by Crippen LogP contribution is -2.17. The summed E-state index contributed by atoms with van der Waals surface area (Å²) < 4.78 is 19.3. The second-order valence-corrected chi connectivity index (χ2v) is 5.45. The molecule has 1 atom stereocenters. The van der Waals surface area contributed by atoms with Crippen LogP contribution in [0.15, 0.2) is 36.4 Å². The summed E-state index contributed by atoms with van der Waals surface area (Å²) >= 11 is 6.00. The van der Waals surface area contributed by atoms with Gasteiger partial charge in [-0.05, 0) is 37.1 Å². The molecular weight excluding hydrogens is 307 g/mol. The van der Waals surface area contributed by atoms with Crippen LogP contribution in [-0.2, 0) is 11.2 Å². The van der Waals surface area contributed by atoms with Crippen molar-refractivity contribution in [2.75, 3.05) is 7.11 Å². The number of carboxylic acids is 1. The van der Waals surface area contributed by atoms with Gasteiger partial charge in [0.15, 0.2) is 0 Å². The van der Waals surface area contributed by atoms with Crippen molar-refractivity contribution < 1.29 is 19.0 Å². The highest BCUT2D eigenvalue weighted by Crippen LogP contribution is 2.33. The van der Waals surface area contributed by atoms with Gasteiger partial charge in [0.1, 0.15) is 11.6 Å². The summed E-state index contributed by atoms with van der Waals surface area (Å²) in [5, 5.41) is 9.61. The number of ether oxygens (including phenoxy) is 1. The fourth-order valence-electron chi connectivity index (χ4n) is 2.44. The number of carbonyl (C=O) groups is 1. The number of hydrogen-bond acceptors (Lipinski definition) is 2. The minimum Gasteiger partial charge on any atom is -0.496 e. The average molecular weight is 323 g/mol. The van der Waals surface area contributed by atoms with Crippen LogP contribution in [0.5, 0.6) is 5.75 Å². The molecule has 0 saturated carbocycles. The molecule has 0 fully saturated rings. The number of methoxy groups -OCH3 is 1. The topological polar surface area (TPSA) is 46.5 Å². The van der Waals surface area contributed by atoms with Gasteiger partial charge in [0.25, 0.3) is 0 Å². The maximum Gasteiger partial charge on any atom is 0.311 e. The van der Waals surface area contributed by atoms with Crippen LogP contribution in [-0.4, -0.2) is 18.2 Å². The highest BCUT2D eigenvalue weighted by Gasteiger charge is 2.27. The van der Waals surface area contributed by atoms with Crippen molar-refractivity contribution in [1.29, 1.82) is 0 Å². The van der Waals surface area contributed by atoms with Crippen molar-refractivity contribution >= 4 is 17.6 Å². The van der Waals surface area contributed by atoms with Gasteiger partial charge in [0.05, 0.1) is 13.0 Å². The predicted molar refractivity (Wildman–Crippen MR) is 83.2 cm³/mol. The fourth-order valence-corrected chi connectivity index (χ4v) is 2.74. The molecule has 0 aliphatic carbocycles. The van der Waals surface area contributed by atoms with Crippen LogP contribution in [0.3, 0.4) is 0 Å². The third-order valence-corrected chi connectivity index (χ3v) is 3.84. The minimum atomic E-state index is -1.13. The van der Waals surface area contributed by atoms with Gasteiger partial charge in [-0.25, -0.2) is 4.39 Å². The van der Waals surface area contributed by atoms with Crippen molar-refractivity contribution in [1.82, 2.24) is 0 Å². The van der Waals surface area contributed by atoms with E-state index in [2.05, 4.69) is 0 Å². The van der Waals surface area contributed by atoms with E-state index in [1.807, 2.05) is 19.1 Å². The van der Waals surface area contributed by atoms with Crippen LogP contribution in [0.4, 0.5) is 4.39 Å². The van der Waals surface area contributed by atoms with Gasteiger partial charge < -0.3 is 9.84 Å². The molecule has 0 amide bonds. The van der Waals surface area contributed by atoms with Crippen LogP contribution in [0, 0.1) is 12.7 Å². The Morgan fingerprint density at radius 2 is 2.09 bits per heavy atom. The Morgan fingerprint density at radius 3 is 2.68 bits per heavy atom. The first-order valence-corrected chi connectivity index (χ1v) is 7.12. The number of halogens is 2. The molecular formula is C17H16ClFO3. The molecule has 0 bridgehead atoms. The van der Waals surface area contributed by atoms with Crippen LogP contribution in [0.1, 0.15) is 22.6 Å². The van der Waals surface area contributed by atoms with Crippen molar-refractivity contribution in [3.8, 4) is 5.75 Å². The number of carboxylic acid groups (broad SMARTS) is 1. The van der Waals surface area contributed by atoms with Crippen LogP contribution in [0.25, 0.3) is 0 Å². The second-order valence-electron chi connectivity index (χ2n) is 5.05. The van der Waals surface area contributed by atoms with Gasteiger partial charge in [0.2, 0.25) is 0 Å². The lowest BCUT2D eigenvalue weighted by molar-refractivity contribution is -0.138. The maximum absolute atomic E-state index is 14.0. The zero-order chi connectivity index (χ0) is 16.3. The average Bonchev–Trinajstić information content (AvgIpc) is 2.46. The van der Waals surface area contributed by atoms with Crippen molar-refractivity contribution in [2.24, 2.45) is 0 Å². The maximum atomic E-state index is 14.0. The lowest BCUT2D eigenvalue weighted by Gasteiger charge is -2.17. The standard InChI is InChI=1S/C17H16ClFO3/c1-10-6-7-15(22-2)11(8-10)9-12(17(20)21)16-13(18)4-3-5-14(16)19/h3-8,12H,9H2,1-2H3,(H,20,21). The Balaban J connectivity index is 2.47. The summed E-state index contributed by atoms with van der Waals surface area (Å²) in [5.74, 6) is -2.25. The van der Waals surface area contributed by atoms with Crippen LogP contribution in [0.2, 0.25) is 5.02 Å². The van der Waals surface area contributed by atoms with E-state index in [1.54, 1.807) is 6.07 Å².